The van der Waals surface area contributed by atoms with Crippen molar-refractivity contribution in [3.05, 3.63) is 18.2 Å². The molecule has 1 N–H and O–H groups in total. The maximum atomic E-state index is 11.6. The molecule has 1 aromatic heterocycles. The summed E-state index contributed by atoms with van der Waals surface area (Å²) in [6, 6.07) is 1.57. The van der Waals surface area contributed by atoms with Crippen LogP contribution in [0.15, 0.2) is 12.5 Å². The third kappa shape index (κ3) is 2.81. The monoisotopic (exact) mass is 206 g/mol. The Bertz CT molecular complexity index is 388. The van der Waals surface area contributed by atoms with Crippen molar-refractivity contribution in [3.63, 3.8) is 0 Å². The van der Waals surface area contributed by atoms with Crippen molar-refractivity contribution in [1.29, 1.82) is 5.26 Å². The minimum atomic E-state index is -0.473. The molecule has 0 aliphatic rings. The summed E-state index contributed by atoms with van der Waals surface area (Å²) in [5.41, 5.74) is 0.332. The highest BCUT2D eigenvalue weighted by Gasteiger charge is 2.17. The predicted octanol–water partition coefficient (Wildman–Crippen LogP) is 0.698. The van der Waals surface area contributed by atoms with Gasteiger partial charge in [-0.05, 0) is 5.92 Å². The summed E-state index contributed by atoms with van der Waals surface area (Å²) in [4.78, 5) is 15.5. The summed E-state index contributed by atoms with van der Waals surface area (Å²) in [5, 5.41) is 11.4. The predicted molar refractivity (Wildman–Crippen MR) is 54.9 cm³/mol. The van der Waals surface area contributed by atoms with E-state index in [0.29, 0.717) is 5.69 Å². The van der Waals surface area contributed by atoms with Gasteiger partial charge in [-0.25, -0.2) is 4.98 Å². The number of nitrogens with one attached hydrogen (secondary N) is 1. The van der Waals surface area contributed by atoms with Crippen LogP contribution in [0.5, 0.6) is 0 Å². The molecule has 0 fully saturated rings. The maximum Gasteiger partial charge on any atom is 0.272 e. The van der Waals surface area contributed by atoms with Gasteiger partial charge in [0, 0.05) is 13.2 Å². The number of carbonyl (C=O) groups excluding carboxylic acids is 1. The minimum absolute atomic E-state index is 0.0858. The van der Waals surface area contributed by atoms with E-state index in [2.05, 4.69) is 10.3 Å². The van der Waals surface area contributed by atoms with Crippen LogP contribution in [-0.4, -0.2) is 21.5 Å². The average molecular weight is 206 g/mol. The van der Waals surface area contributed by atoms with E-state index < -0.39 is 6.04 Å². The number of amides is 1. The fourth-order valence-corrected chi connectivity index (χ4v) is 1.09. The Morgan fingerprint density at radius 1 is 1.67 bits per heavy atom. The van der Waals surface area contributed by atoms with Gasteiger partial charge < -0.3 is 9.88 Å². The second-order valence-corrected chi connectivity index (χ2v) is 3.75. The lowest BCUT2D eigenvalue weighted by molar-refractivity contribution is 0.0933. The molecule has 0 aliphatic heterocycles. The molecule has 1 heterocycles. The molecule has 5 nitrogen and oxygen atoms in total. The third-order valence-corrected chi connectivity index (χ3v) is 2.03. The molecule has 1 unspecified atom stereocenters. The summed E-state index contributed by atoms with van der Waals surface area (Å²) in [6.45, 7) is 3.76. The summed E-state index contributed by atoms with van der Waals surface area (Å²) < 4.78 is 1.69. The smallest absolute Gasteiger partial charge is 0.272 e. The van der Waals surface area contributed by atoms with Crippen molar-refractivity contribution >= 4 is 5.91 Å². The van der Waals surface area contributed by atoms with Crippen LogP contribution in [0.3, 0.4) is 0 Å². The molecule has 1 rings (SSSR count). The molecular weight excluding hydrogens is 192 g/mol. The number of hydrogen-bond acceptors (Lipinski definition) is 3. The van der Waals surface area contributed by atoms with Crippen LogP contribution in [0.2, 0.25) is 0 Å². The van der Waals surface area contributed by atoms with Crippen LogP contribution >= 0.6 is 0 Å². The Kier molecular flexibility index (Phi) is 3.45. The van der Waals surface area contributed by atoms with E-state index in [1.54, 1.807) is 24.1 Å². The quantitative estimate of drug-likeness (QED) is 0.791. The molecule has 5 heteroatoms. The highest BCUT2D eigenvalue weighted by Crippen LogP contribution is 2.02. The van der Waals surface area contributed by atoms with E-state index in [1.165, 1.54) is 0 Å². The summed E-state index contributed by atoms with van der Waals surface area (Å²) >= 11 is 0. The van der Waals surface area contributed by atoms with E-state index in [4.69, 9.17) is 5.26 Å². The van der Waals surface area contributed by atoms with Crippen LogP contribution in [-0.2, 0) is 7.05 Å². The van der Waals surface area contributed by atoms with Crippen molar-refractivity contribution in [2.24, 2.45) is 13.0 Å². The standard InChI is InChI=1S/C10H14N4O/c1-7(2)8(4-11)13-10(15)9-5-14(3)6-12-9/h5-8H,1-3H3,(H,13,15). The van der Waals surface area contributed by atoms with Crippen molar-refractivity contribution < 1.29 is 4.79 Å². The van der Waals surface area contributed by atoms with Crippen LogP contribution in [0.25, 0.3) is 0 Å². The van der Waals surface area contributed by atoms with Gasteiger partial charge in [-0.2, -0.15) is 5.26 Å². The Balaban J connectivity index is 2.68. The molecule has 0 spiro atoms. The number of hydrogen-bond donors (Lipinski definition) is 1. The van der Waals surface area contributed by atoms with E-state index in [9.17, 15) is 4.79 Å². The highest BCUT2D eigenvalue weighted by atomic mass is 16.2. The van der Waals surface area contributed by atoms with Crippen molar-refractivity contribution in [2.75, 3.05) is 0 Å². The molecule has 1 atom stereocenters. The number of nitriles is 1. The first-order valence-corrected chi connectivity index (χ1v) is 4.73. The Morgan fingerprint density at radius 2 is 2.33 bits per heavy atom. The van der Waals surface area contributed by atoms with Gasteiger partial charge in [0.1, 0.15) is 11.7 Å². The molecule has 0 saturated heterocycles. The SMILES string of the molecule is CC(C)C(C#N)NC(=O)c1cn(C)cn1. The zero-order valence-electron chi connectivity index (χ0n) is 9.06. The first kappa shape index (κ1) is 11.2. The molecule has 0 saturated carbocycles. The molecule has 1 amide bonds. The first-order chi connectivity index (χ1) is 7.04. The Labute approximate surface area is 88.7 Å². The van der Waals surface area contributed by atoms with Crippen molar-refractivity contribution in [2.45, 2.75) is 19.9 Å². The van der Waals surface area contributed by atoms with E-state index >= 15 is 0 Å². The van der Waals surface area contributed by atoms with Crippen molar-refractivity contribution in [3.8, 4) is 6.07 Å². The molecule has 0 aliphatic carbocycles. The second-order valence-electron chi connectivity index (χ2n) is 3.75. The van der Waals surface area contributed by atoms with Gasteiger partial charge in [0.2, 0.25) is 0 Å². The van der Waals surface area contributed by atoms with Gasteiger partial charge in [0.25, 0.3) is 5.91 Å². The topological polar surface area (TPSA) is 70.7 Å². The molecule has 0 bridgehead atoms. The Morgan fingerprint density at radius 3 is 2.73 bits per heavy atom. The number of nitrogens with zero attached hydrogens (tertiary/aromatic N) is 3. The highest BCUT2D eigenvalue weighted by molar-refractivity contribution is 5.92. The summed E-state index contributed by atoms with van der Waals surface area (Å²) in [7, 11) is 1.79. The van der Waals surface area contributed by atoms with Crippen LogP contribution in [0.4, 0.5) is 0 Å². The van der Waals surface area contributed by atoms with Gasteiger partial charge >= 0.3 is 0 Å². The lowest BCUT2D eigenvalue weighted by Crippen LogP contribution is -2.37. The fourth-order valence-electron chi connectivity index (χ4n) is 1.09. The number of carbonyl (C=O) groups is 1. The molecule has 1 aromatic rings. The second kappa shape index (κ2) is 4.60. The largest absolute Gasteiger partial charge is 0.340 e. The molecular formula is C10H14N4O. The van der Waals surface area contributed by atoms with Gasteiger partial charge in [-0.1, -0.05) is 13.8 Å². The van der Waals surface area contributed by atoms with Crippen LogP contribution in [0.1, 0.15) is 24.3 Å². The number of imidazole rings is 1. The number of aromatic nitrogens is 2. The van der Waals surface area contributed by atoms with Gasteiger partial charge in [-0.15, -0.1) is 0 Å². The van der Waals surface area contributed by atoms with Gasteiger partial charge in [0.05, 0.1) is 12.4 Å². The summed E-state index contributed by atoms with van der Waals surface area (Å²) in [6.07, 6.45) is 3.16. The molecule has 0 aromatic carbocycles. The number of aryl methyl sites for hydroxylation is 1. The van der Waals surface area contributed by atoms with E-state index in [0.717, 1.165) is 0 Å². The first-order valence-electron chi connectivity index (χ1n) is 4.73. The van der Waals surface area contributed by atoms with Gasteiger partial charge in [0.15, 0.2) is 0 Å². The fraction of sp³-hybridized carbons (Fsp3) is 0.500. The van der Waals surface area contributed by atoms with E-state index in [-0.39, 0.29) is 11.8 Å². The summed E-state index contributed by atoms with van der Waals surface area (Å²) in [5.74, 6) is -0.224. The molecule has 0 radical (unpaired) electrons. The van der Waals surface area contributed by atoms with Crippen LogP contribution < -0.4 is 5.32 Å². The zero-order valence-corrected chi connectivity index (χ0v) is 9.06. The van der Waals surface area contributed by atoms with E-state index in [1.807, 2.05) is 19.9 Å². The zero-order chi connectivity index (χ0) is 11.4. The van der Waals surface area contributed by atoms with Crippen molar-refractivity contribution in [1.82, 2.24) is 14.9 Å². The normalized spacial score (nSPS) is 12.2. The average Bonchev–Trinajstić information content (AvgIpc) is 2.60. The maximum absolute atomic E-state index is 11.6. The molecule has 15 heavy (non-hydrogen) atoms. The third-order valence-electron chi connectivity index (χ3n) is 2.03. The minimum Gasteiger partial charge on any atom is -0.340 e. The van der Waals surface area contributed by atoms with Gasteiger partial charge in [-0.3, -0.25) is 4.79 Å². The lowest BCUT2D eigenvalue weighted by Gasteiger charge is -2.13. The van der Waals surface area contributed by atoms with Crippen LogP contribution in [0, 0.1) is 17.2 Å². The Hall–Kier alpha value is -1.83. The lowest BCUT2D eigenvalue weighted by atomic mass is 10.1. The molecule has 80 valence electrons. The number of rotatable bonds is 3.